The lowest BCUT2D eigenvalue weighted by Crippen LogP contribution is -1.95. The predicted molar refractivity (Wildman–Crippen MR) is 118 cm³/mol. The topological polar surface area (TPSA) is 43.4 Å². The molecule has 144 valence electrons. The van der Waals surface area contributed by atoms with Crippen LogP contribution in [0.25, 0.3) is 12.2 Å². The van der Waals surface area contributed by atoms with Gasteiger partial charge in [0.05, 0.1) is 12.1 Å². The molecular formula is C25H19ClO3. The molecule has 3 aromatic rings. The van der Waals surface area contributed by atoms with E-state index in [0.29, 0.717) is 21.9 Å². The van der Waals surface area contributed by atoms with Crippen molar-refractivity contribution in [3.8, 4) is 5.75 Å². The first-order valence-electron chi connectivity index (χ1n) is 9.00. The number of carbonyl (C=O) groups is 2. The van der Waals surface area contributed by atoms with Gasteiger partial charge in [-0.1, -0.05) is 72.3 Å². The molecule has 0 saturated heterocycles. The highest BCUT2D eigenvalue weighted by atomic mass is 35.5. The van der Waals surface area contributed by atoms with E-state index in [9.17, 15) is 9.59 Å². The lowest BCUT2D eigenvalue weighted by atomic mass is 10.1. The Morgan fingerprint density at radius 1 is 0.793 bits per heavy atom. The second-order valence-electron chi connectivity index (χ2n) is 6.27. The second kappa shape index (κ2) is 9.67. The highest BCUT2D eigenvalue weighted by Crippen LogP contribution is 2.17. The van der Waals surface area contributed by atoms with E-state index in [1.165, 1.54) is 12.2 Å². The monoisotopic (exact) mass is 402 g/mol. The minimum absolute atomic E-state index is 0.0989. The Morgan fingerprint density at radius 2 is 1.41 bits per heavy atom. The summed E-state index contributed by atoms with van der Waals surface area (Å²) in [6.07, 6.45) is 6.52. The van der Waals surface area contributed by atoms with E-state index in [4.69, 9.17) is 16.3 Å². The minimum Gasteiger partial charge on any atom is -0.497 e. The van der Waals surface area contributed by atoms with Crippen molar-refractivity contribution in [3.63, 3.8) is 0 Å². The van der Waals surface area contributed by atoms with Crippen molar-refractivity contribution >= 4 is 35.3 Å². The Balaban J connectivity index is 1.65. The summed E-state index contributed by atoms with van der Waals surface area (Å²) in [6, 6.07) is 21.5. The summed E-state index contributed by atoms with van der Waals surface area (Å²) in [5.74, 6) is 0.397. The van der Waals surface area contributed by atoms with E-state index in [1.54, 1.807) is 67.8 Å². The molecule has 0 fully saturated rings. The molecule has 0 unspecified atom stereocenters. The van der Waals surface area contributed by atoms with Crippen molar-refractivity contribution in [2.75, 3.05) is 7.11 Å². The molecule has 4 heteroatoms. The van der Waals surface area contributed by atoms with Crippen molar-refractivity contribution in [2.24, 2.45) is 0 Å². The average Bonchev–Trinajstić information content (AvgIpc) is 2.77. The number of carbonyl (C=O) groups excluding carboxylic acids is 2. The summed E-state index contributed by atoms with van der Waals surface area (Å²) >= 11 is 6.05. The fourth-order valence-corrected chi connectivity index (χ4v) is 2.91. The standard InChI is InChI=1S/C25H19ClO3/c1-29-21-6-4-5-20(17-21)24(27)15-13-18-9-11-19(12-10-18)14-16-25(28)22-7-2-3-8-23(22)26/h2-17H,1H3/b15-13+,16-14+. The van der Waals surface area contributed by atoms with E-state index < -0.39 is 0 Å². The molecule has 3 nitrogen and oxygen atoms in total. The molecular weight excluding hydrogens is 384 g/mol. The third-order valence-corrected chi connectivity index (χ3v) is 4.61. The largest absolute Gasteiger partial charge is 0.497 e. The number of methoxy groups -OCH3 is 1. The maximum Gasteiger partial charge on any atom is 0.187 e. The zero-order valence-electron chi connectivity index (χ0n) is 15.8. The fourth-order valence-electron chi connectivity index (χ4n) is 2.69. The first-order chi connectivity index (χ1) is 14.1. The quantitative estimate of drug-likeness (QED) is 0.352. The van der Waals surface area contributed by atoms with Crippen molar-refractivity contribution in [1.82, 2.24) is 0 Å². The molecule has 0 aromatic heterocycles. The van der Waals surface area contributed by atoms with Crippen molar-refractivity contribution in [3.05, 3.63) is 112 Å². The van der Waals surface area contributed by atoms with E-state index in [2.05, 4.69) is 0 Å². The van der Waals surface area contributed by atoms with Gasteiger partial charge in [-0.2, -0.15) is 0 Å². The van der Waals surface area contributed by atoms with Crippen LogP contribution in [0, 0.1) is 0 Å². The average molecular weight is 403 g/mol. The summed E-state index contributed by atoms with van der Waals surface area (Å²) in [7, 11) is 1.57. The van der Waals surface area contributed by atoms with Gasteiger partial charge >= 0.3 is 0 Å². The number of benzene rings is 3. The number of hydrogen-bond donors (Lipinski definition) is 0. The zero-order valence-corrected chi connectivity index (χ0v) is 16.6. The SMILES string of the molecule is COc1cccc(C(=O)/C=C/c2ccc(/C=C/C(=O)c3ccccc3Cl)cc2)c1. The van der Waals surface area contributed by atoms with Gasteiger partial charge in [-0.25, -0.2) is 0 Å². The molecule has 0 aliphatic heterocycles. The van der Waals surface area contributed by atoms with Crippen LogP contribution in [0.15, 0.2) is 84.9 Å². The lowest BCUT2D eigenvalue weighted by Gasteiger charge is -2.01. The van der Waals surface area contributed by atoms with Gasteiger partial charge in [-0.15, -0.1) is 0 Å². The van der Waals surface area contributed by atoms with Gasteiger partial charge in [0.15, 0.2) is 11.6 Å². The van der Waals surface area contributed by atoms with Crippen LogP contribution in [0.5, 0.6) is 5.75 Å². The molecule has 3 rings (SSSR count). The maximum absolute atomic E-state index is 12.3. The number of ether oxygens (including phenoxy) is 1. The van der Waals surface area contributed by atoms with Gasteiger partial charge in [0, 0.05) is 11.1 Å². The maximum atomic E-state index is 12.3. The van der Waals surface area contributed by atoms with Gasteiger partial charge < -0.3 is 4.74 Å². The smallest absolute Gasteiger partial charge is 0.187 e. The molecule has 0 saturated carbocycles. The Hall–Kier alpha value is -3.43. The lowest BCUT2D eigenvalue weighted by molar-refractivity contribution is 0.103. The zero-order chi connectivity index (χ0) is 20.6. The molecule has 3 aromatic carbocycles. The summed E-state index contributed by atoms with van der Waals surface area (Å²) in [5, 5.41) is 0.434. The summed E-state index contributed by atoms with van der Waals surface area (Å²) in [6.45, 7) is 0. The van der Waals surface area contributed by atoms with E-state index in [0.717, 1.165) is 11.1 Å². The summed E-state index contributed by atoms with van der Waals surface area (Å²) < 4.78 is 5.14. The molecule has 0 amide bonds. The Morgan fingerprint density at radius 3 is 2.03 bits per heavy atom. The van der Waals surface area contributed by atoms with Crippen LogP contribution in [0.2, 0.25) is 5.02 Å². The van der Waals surface area contributed by atoms with Crippen LogP contribution >= 0.6 is 11.6 Å². The van der Waals surface area contributed by atoms with Crippen LogP contribution in [0.3, 0.4) is 0 Å². The van der Waals surface area contributed by atoms with E-state index in [-0.39, 0.29) is 11.6 Å². The molecule has 0 spiro atoms. The number of hydrogen-bond acceptors (Lipinski definition) is 3. The third-order valence-electron chi connectivity index (χ3n) is 4.28. The van der Waals surface area contributed by atoms with Crippen LogP contribution in [0.1, 0.15) is 31.8 Å². The first-order valence-corrected chi connectivity index (χ1v) is 9.38. The predicted octanol–water partition coefficient (Wildman–Crippen LogP) is 6.14. The van der Waals surface area contributed by atoms with E-state index in [1.807, 2.05) is 24.3 Å². The second-order valence-corrected chi connectivity index (χ2v) is 6.68. The Bertz CT molecular complexity index is 1080. The third kappa shape index (κ3) is 5.53. The molecule has 0 N–H and O–H groups in total. The van der Waals surface area contributed by atoms with Gasteiger partial charge in [-0.05, 0) is 47.5 Å². The van der Waals surface area contributed by atoms with E-state index >= 15 is 0 Å². The molecule has 0 atom stereocenters. The number of allylic oxidation sites excluding steroid dienone is 2. The van der Waals surface area contributed by atoms with Gasteiger partial charge in [0.1, 0.15) is 5.75 Å². The summed E-state index contributed by atoms with van der Waals surface area (Å²) in [5.41, 5.74) is 2.80. The normalized spacial score (nSPS) is 11.1. The molecule has 0 heterocycles. The number of rotatable bonds is 7. The first kappa shape index (κ1) is 20.3. The van der Waals surface area contributed by atoms with Crippen molar-refractivity contribution in [1.29, 1.82) is 0 Å². The van der Waals surface area contributed by atoms with Gasteiger partial charge in [0.25, 0.3) is 0 Å². The van der Waals surface area contributed by atoms with Crippen molar-refractivity contribution < 1.29 is 14.3 Å². The number of halogens is 1. The highest BCUT2D eigenvalue weighted by molar-refractivity contribution is 6.34. The minimum atomic E-state index is -0.150. The summed E-state index contributed by atoms with van der Waals surface area (Å²) in [4.78, 5) is 24.5. The van der Waals surface area contributed by atoms with Crippen LogP contribution in [0.4, 0.5) is 0 Å². The number of ketones is 2. The van der Waals surface area contributed by atoms with Crippen LogP contribution in [-0.4, -0.2) is 18.7 Å². The Kier molecular flexibility index (Phi) is 6.77. The Labute approximate surface area is 174 Å². The fraction of sp³-hybridized carbons (Fsp3) is 0.0400. The highest BCUT2D eigenvalue weighted by Gasteiger charge is 2.06. The molecule has 29 heavy (non-hydrogen) atoms. The molecule has 0 aliphatic rings. The van der Waals surface area contributed by atoms with Gasteiger partial charge in [-0.3, -0.25) is 9.59 Å². The van der Waals surface area contributed by atoms with Gasteiger partial charge in [0.2, 0.25) is 0 Å². The molecule has 0 aliphatic carbocycles. The van der Waals surface area contributed by atoms with Crippen LogP contribution < -0.4 is 4.74 Å². The molecule has 0 radical (unpaired) electrons. The van der Waals surface area contributed by atoms with Crippen molar-refractivity contribution in [2.45, 2.75) is 0 Å². The molecule has 0 bridgehead atoms. The van der Waals surface area contributed by atoms with Crippen LogP contribution in [-0.2, 0) is 0 Å².